The topological polar surface area (TPSA) is 35.6 Å². The van der Waals surface area contributed by atoms with Crippen molar-refractivity contribution in [1.29, 1.82) is 0 Å². The summed E-state index contributed by atoms with van der Waals surface area (Å²) in [5.74, 6) is 0.814. The average molecular weight is 225 g/mol. The molecule has 0 aromatic carbocycles. The third-order valence-corrected chi connectivity index (χ3v) is 3.83. The summed E-state index contributed by atoms with van der Waals surface area (Å²) < 4.78 is 0. The van der Waals surface area contributed by atoms with Gasteiger partial charge in [-0.2, -0.15) is 0 Å². The van der Waals surface area contributed by atoms with Gasteiger partial charge >= 0.3 is 0 Å². The van der Waals surface area contributed by atoms with Gasteiger partial charge in [-0.3, -0.25) is 4.79 Å². The molecule has 4 nitrogen and oxygen atoms in total. The van der Waals surface area contributed by atoms with E-state index in [-0.39, 0.29) is 6.04 Å². The maximum atomic E-state index is 12.3. The van der Waals surface area contributed by atoms with Crippen LogP contribution in [0, 0.1) is 5.92 Å². The second-order valence-corrected chi connectivity index (χ2v) is 5.18. The number of nitrogens with zero attached hydrogens (tertiary/aromatic N) is 2. The molecular formula is C12H23N3O. The molecule has 2 fully saturated rings. The summed E-state index contributed by atoms with van der Waals surface area (Å²) in [4.78, 5) is 16.7. The van der Waals surface area contributed by atoms with Gasteiger partial charge in [0.15, 0.2) is 0 Å². The normalized spacial score (nSPS) is 32.8. The minimum Gasteiger partial charge on any atom is -0.340 e. The lowest BCUT2D eigenvalue weighted by atomic mass is 10.0. The summed E-state index contributed by atoms with van der Waals surface area (Å²) in [5.41, 5.74) is 0. The zero-order valence-corrected chi connectivity index (χ0v) is 10.4. The SMILES string of the molecule is CC1CCNC1C(=O)N1CCCN(C)CC1. The summed E-state index contributed by atoms with van der Waals surface area (Å²) in [6.45, 7) is 7.09. The molecule has 1 amide bonds. The van der Waals surface area contributed by atoms with Crippen molar-refractivity contribution in [3.8, 4) is 0 Å². The summed E-state index contributed by atoms with van der Waals surface area (Å²) in [6.07, 6.45) is 2.23. The lowest BCUT2D eigenvalue weighted by Gasteiger charge is -2.26. The minimum atomic E-state index is 0.0726. The third-order valence-electron chi connectivity index (χ3n) is 3.83. The van der Waals surface area contributed by atoms with Crippen LogP contribution in [0.25, 0.3) is 0 Å². The molecule has 4 heteroatoms. The van der Waals surface area contributed by atoms with Crippen molar-refractivity contribution < 1.29 is 4.79 Å². The second kappa shape index (κ2) is 5.15. The molecule has 0 saturated carbocycles. The zero-order chi connectivity index (χ0) is 11.5. The first-order valence-electron chi connectivity index (χ1n) is 6.39. The fraction of sp³-hybridized carbons (Fsp3) is 0.917. The van der Waals surface area contributed by atoms with Gasteiger partial charge in [-0.05, 0) is 38.9 Å². The molecule has 2 unspecified atom stereocenters. The highest BCUT2D eigenvalue weighted by Crippen LogP contribution is 2.17. The van der Waals surface area contributed by atoms with Crippen LogP contribution in [0.15, 0.2) is 0 Å². The maximum Gasteiger partial charge on any atom is 0.240 e. The van der Waals surface area contributed by atoms with Crippen LogP contribution in [0.4, 0.5) is 0 Å². The van der Waals surface area contributed by atoms with Crippen LogP contribution < -0.4 is 5.32 Å². The molecule has 2 rings (SSSR count). The summed E-state index contributed by atoms with van der Waals surface area (Å²) in [7, 11) is 2.13. The Bertz CT molecular complexity index is 257. The highest BCUT2D eigenvalue weighted by Gasteiger charge is 2.32. The number of carbonyl (C=O) groups is 1. The Labute approximate surface area is 98.0 Å². The van der Waals surface area contributed by atoms with Gasteiger partial charge in [0.2, 0.25) is 5.91 Å². The number of likely N-dealkylation sites (N-methyl/N-ethyl adjacent to an activating group) is 1. The fourth-order valence-corrected chi connectivity index (χ4v) is 2.63. The van der Waals surface area contributed by atoms with Crippen molar-refractivity contribution in [2.24, 2.45) is 5.92 Å². The first kappa shape index (κ1) is 11.9. The molecule has 0 aromatic rings. The molecule has 0 bridgehead atoms. The van der Waals surface area contributed by atoms with Crippen LogP contribution in [-0.2, 0) is 4.79 Å². The van der Waals surface area contributed by atoms with E-state index in [1.807, 2.05) is 4.90 Å². The van der Waals surface area contributed by atoms with Crippen LogP contribution >= 0.6 is 0 Å². The number of rotatable bonds is 1. The molecule has 2 aliphatic rings. The van der Waals surface area contributed by atoms with Gasteiger partial charge in [0.25, 0.3) is 0 Å². The highest BCUT2D eigenvalue weighted by molar-refractivity contribution is 5.82. The number of amides is 1. The molecule has 92 valence electrons. The van der Waals surface area contributed by atoms with Gasteiger partial charge in [0.1, 0.15) is 0 Å². The Morgan fingerprint density at radius 1 is 1.25 bits per heavy atom. The molecule has 16 heavy (non-hydrogen) atoms. The van der Waals surface area contributed by atoms with Gasteiger partial charge in [0.05, 0.1) is 6.04 Å². The summed E-state index contributed by atoms with van der Waals surface area (Å²) in [6, 6.07) is 0.0726. The van der Waals surface area contributed by atoms with Gasteiger partial charge in [-0.1, -0.05) is 6.92 Å². The third kappa shape index (κ3) is 2.55. The van der Waals surface area contributed by atoms with E-state index in [0.29, 0.717) is 11.8 Å². The molecule has 0 aliphatic carbocycles. The smallest absolute Gasteiger partial charge is 0.240 e. The molecule has 2 atom stereocenters. The van der Waals surface area contributed by atoms with Crippen LogP contribution in [0.5, 0.6) is 0 Å². The van der Waals surface area contributed by atoms with Gasteiger partial charge in [0, 0.05) is 19.6 Å². The lowest BCUT2D eigenvalue weighted by Crippen LogP contribution is -2.47. The van der Waals surface area contributed by atoms with Gasteiger partial charge in [-0.25, -0.2) is 0 Å². The van der Waals surface area contributed by atoms with E-state index in [0.717, 1.165) is 45.6 Å². The number of nitrogens with one attached hydrogen (secondary N) is 1. The van der Waals surface area contributed by atoms with Crippen molar-refractivity contribution in [2.45, 2.75) is 25.8 Å². The van der Waals surface area contributed by atoms with Crippen molar-refractivity contribution in [3.63, 3.8) is 0 Å². The van der Waals surface area contributed by atoms with Gasteiger partial charge in [-0.15, -0.1) is 0 Å². The quantitative estimate of drug-likeness (QED) is 0.690. The minimum absolute atomic E-state index is 0.0726. The number of carbonyl (C=O) groups excluding carboxylic acids is 1. The van der Waals surface area contributed by atoms with E-state index in [9.17, 15) is 4.79 Å². The molecule has 0 aromatic heterocycles. The molecule has 2 saturated heterocycles. The van der Waals surface area contributed by atoms with Crippen LogP contribution in [0.3, 0.4) is 0 Å². The van der Waals surface area contributed by atoms with Crippen molar-refractivity contribution in [1.82, 2.24) is 15.1 Å². The van der Waals surface area contributed by atoms with E-state index in [2.05, 4.69) is 24.2 Å². The van der Waals surface area contributed by atoms with Crippen molar-refractivity contribution >= 4 is 5.91 Å². The second-order valence-electron chi connectivity index (χ2n) is 5.18. The standard InChI is InChI=1S/C12H23N3O/c1-10-4-5-13-11(10)12(16)15-7-3-6-14(2)8-9-15/h10-11,13H,3-9H2,1-2H3. The van der Waals surface area contributed by atoms with E-state index < -0.39 is 0 Å². The summed E-state index contributed by atoms with van der Waals surface area (Å²) in [5, 5.41) is 3.33. The first-order valence-corrected chi connectivity index (χ1v) is 6.39. The fourth-order valence-electron chi connectivity index (χ4n) is 2.63. The van der Waals surface area contributed by atoms with E-state index in [4.69, 9.17) is 0 Å². The predicted molar refractivity (Wildman–Crippen MR) is 64.3 cm³/mol. The Morgan fingerprint density at radius 2 is 2.06 bits per heavy atom. The lowest BCUT2D eigenvalue weighted by molar-refractivity contribution is -0.133. The Hall–Kier alpha value is -0.610. The summed E-state index contributed by atoms with van der Waals surface area (Å²) >= 11 is 0. The Kier molecular flexibility index (Phi) is 3.82. The molecule has 1 N–H and O–H groups in total. The predicted octanol–water partition coefficient (Wildman–Crippen LogP) is 0.149. The maximum absolute atomic E-state index is 12.3. The van der Waals surface area contributed by atoms with Crippen molar-refractivity contribution in [3.05, 3.63) is 0 Å². The average Bonchev–Trinajstić information content (AvgIpc) is 2.56. The van der Waals surface area contributed by atoms with E-state index in [1.54, 1.807) is 0 Å². The largest absolute Gasteiger partial charge is 0.340 e. The number of hydrogen-bond acceptors (Lipinski definition) is 3. The zero-order valence-electron chi connectivity index (χ0n) is 10.4. The molecule has 0 radical (unpaired) electrons. The Balaban J connectivity index is 1.93. The van der Waals surface area contributed by atoms with E-state index >= 15 is 0 Å². The van der Waals surface area contributed by atoms with Crippen LogP contribution in [0.1, 0.15) is 19.8 Å². The first-order chi connectivity index (χ1) is 7.68. The Morgan fingerprint density at radius 3 is 2.75 bits per heavy atom. The van der Waals surface area contributed by atoms with Crippen LogP contribution in [0.2, 0.25) is 0 Å². The van der Waals surface area contributed by atoms with Gasteiger partial charge < -0.3 is 15.1 Å². The van der Waals surface area contributed by atoms with Crippen LogP contribution in [-0.4, -0.2) is 61.5 Å². The molecule has 2 heterocycles. The highest BCUT2D eigenvalue weighted by atomic mass is 16.2. The molecule has 2 aliphatic heterocycles. The number of hydrogen-bond donors (Lipinski definition) is 1. The van der Waals surface area contributed by atoms with E-state index in [1.165, 1.54) is 0 Å². The molecule has 0 spiro atoms. The van der Waals surface area contributed by atoms with Crippen molar-refractivity contribution in [2.75, 3.05) is 39.8 Å². The molecular weight excluding hydrogens is 202 g/mol. The monoisotopic (exact) mass is 225 g/mol.